The predicted molar refractivity (Wildman–Crippen MR) is 70.2 cm³/mol. The molecular formula is C13H20O2S. The van der Waals surface area contributed by atoms with Gasteiger partial charge in [-0.15, -0.1) is 0 Å². The molecule has 90 valence electrons. The number of benzene rings is 1. The van der Waals surface area contributed by atoms with Crippen LogP contribution >= 0.6 is 11.8 Å². The van der Waals surface area contributed by atoms with Crippen LogP contribution in [0.4, 0.5) is 0 Å². The van der Waals surface area contributed by atoms with Crippen molar-refractivity contribution in [1.29, 1.82) is 0 Å². The Hall–Kier alpha value is -0.670. The average molecular weight is 240 g/mol. The summed E-state index contributed by atoms with van der Waals surface area (Å²) in [6.45, 7) is 2.55. The van der Waals surface area contributed by atoms with Gasteiger partial charge in [0.1, 0.15) is 12.4 Å². The third-order valence-corrected chi connectivity index (χ3v) is 3.34. The molecule has 0 saturated carbocycles. The number of aliphatic hydroxyl groups excluding tert-OH is 1. The van der Waals surface area contributed by atoms with Crippen LogP contribution in [0.2, 0.25) is 0 Å². The molecule has 1 aromatic rings. The molecule has 0 bridgehead atoms. The highest BCUT2D eigenvalue weighted by atomic mass is 32.2. The highest BCUT2D eigenvalue weighted by Gasteiger charge is 2.04. The molecule has 0 aliphatic carbocycles. The first-order valence-electron chi connectivity index (χ1n) is 5.76. The predicted octanol–water partition coefficient (Wildman–Crippen LogP) is 2.96. The van der Waals surface area contributed by atoms with Gasteiger partial charge in [-0.25, -0.2) is 0 Å². The van der Waals surface area contributed by atoms with Gasteiger partial charge in [-0.3, -0.25) is 0 Å². The number of aliphatic hydroxyl groups is 1. The van der Waals surface area contributed by atoms with E-state index in [9.17, 15) is 5.11 Å². The number of hydrogen-bond acceptors (Lipinski definition) is 3. The van der Waals surface area contributed by atoms with E-state index in [-0.39, 0.29) is 6.10 Å². The molecule has 0 saturated heterocycles. The second-order valence-electron chi connectivity index (χ2n) is 3.71. The van der Waals surface area contributed by atoms with Crippen molar-refractivity contribution < 1.29 is 9.84 Å². The van der Waals surface area contributed by atoms with Crippen molar-refractivity contribution in [2.45, 2.75) is 25.9 Å². The Bertz CT molecular complexity index is 264. The standard InChI is InChI=1S/C13H20O2S/c1-2-3-9-16-11-12(14)10-15-13-7-5-4-6-8-13/h4-8,12,14H,2-3,9-11H2,1H3/t12-/m0/s1. The van der Waals surface area contributed by atoms with E-state index >= 15 is 0 Å². The van der Waals surface area contributed by atoms with Gasteiger partial charge in [0.15, 0.2) is 0 Å². The largest absolute Gasteiger partial charge is 0.491 e. The topological polar surface area (TPSA) is 29.5 Å². The fourth-order valence-electron chi connectivity index (χ4n) is 1.22. The molecule has 0 fully saturated rings. The summed E-state index contributed by atoms with van der Waals surface area (Å²) >= 11 is 1.79. The maximum absolute atomic E-state index is 9.66. The van der Waals surface area contributed by atoms with E-state index < -0.39 is 0 Å². The maximum Gasteiger partial charge on any atom is 0.119 e. The SMILES string of the molecule is CCCCSC[C@@H](O)COc1ccccc1. The Labute approximate surface area is 102 Å². The normalized spacial score (nSPS) is 12.4. The van der Waals surface area contributed by atoms with Crippen LogP contribution < -0.4 is 4.74 Å². The molecule has 16 heavy (non-hydrogen) atoms. The molecule has 0 spiro atoms. The summed E-state index contributed by atoms with van der Waals surface area (Å²) < 4.78 is 5.46. The first-order valence-corrected chi connectivity index (χ1v) is 6.92. The first kappa shape index (κ1) is 13.4. The van der Waals surface area contributed by atoms with Crippen LogP contribution in [0, 0.1) is 0 Å². The lowest BCUT2D eigenvalue weighted by atomic mass is 10.3. The van der Waals surface area contributed by atoms with Gasteiger partial charge in [-0.05, 0) is 24.3 Å². The van der Waals surface area contributed by atoms with E-state index in [1.165, 1.54) is 12.8 Å². The third-order valence-electron chi connectivity index (χ3n) is 2.14. The van der Waals surface area contributed by atoms with E-state index in [0.717, 1.165) is 17.3 Å². The number of rotatable bonds is 8. The van der Waals surface area contributed by atoms with Crippen LogP contribution in [0.3, 0.4) is 0 Å². The zero-order valence-electron chi connectivity index (χ0n) is 9.76. The molecule has 1 N–H and O–H groups in total. The highest BCUT2D eigenvalue weighted by molar-refractivity contribution is 7.99. The van der Waals surface area contributed by atoms with Crippen LogP contribution in [0.5, 0.6) is 5.75 Å². The summed E-state index contributed by atoms with van der Waals surface area (Å²) in [5, 5.41) is 9.66. The summed E-state index contributed by atoms with van der Waals surface area (Å²) in [5.41, 5.74) is 0. The average Bonchev–Trinajstić information content (AvgIpc) is 2.33. The van der Waals surface area contributed by atoms with E-state index in [0.29, 0.717) is 6.61 Å². The molecule has 2 nitrogen and oxygen atoms in total. The lowest BCUT2D eigenvalue weighted by Gasteiger charge is -2.11. The second kappa shape index (κ2) is 8.48. The number of para-hydroxylation sites is 1. The summed E-state index contributed by atoms with van der Waals surface area (Å²) in [4.78, 5) is 0. The molecule has 1 rings (SSSR count). The Morgan fingerprint density at radius 3 is 2.75 bits per heavy atom. The molecule has 0 amide bonds. The fourth-order valence-corrected chi connectivity index (χ4v) is 2.25. The van der Waals surface area contributed by atoms with Crippen LogP contribution in [-0.4, -0.2) is 29.3 Å². The zero-order valence-corrected chi connectivity index (χ0v) is 10.6. The Morgan fingerprint density at radius 1 is 1.31 bits per heavy atom. The number of hydrogen-bond donors (Lipinski definition) is 1. The molecule has 0 radical (unpaired) electrons. The molecule has 0 aliphatic rings. The van der Waals surface area contributed by atoms with Crippen LogP contribution in [0.15, 0.2) is 30.3 Å². The van der Waals surface area contributed by atoms with Crippen molar-refractivity contribution in [3.63, 3.8) is 0 Å². The summed E-state index contributed by atoms with van der Waals surface area (Å²) in [6.07, 6.45) is 2.06. The maximum atomic E-state index is 9.66. The zero-order chi connectivity index (χ0) is 11.6. The first-order chi connectivity index (χ1) is 7.83. The van der Waals surface area contributed by atoms with Crippen molar-refractivity contribution in [3.05, 3.63) is 30.3 Å². The van der Waals surface area contributed by atoms with Crippen molar-refractivity contribution in [1.82, 2.24) is 0 Å². The molecule has 0 aromatic heterocycles. The minimum absolute atomic E-state index is 0.373. The van der Waals surface area contributed by atoms with Crippen LogP contribution in [-0.2, 0) is 0 Å². The van der Waals surface area contributed by atoms with E-state index in [1.807, 2.05) is 30.3 Å². The molecule has 0 heterocycles. The third kappa shape index (κ3) is 6.03. The fraction of sp³-hybridized carbons (Fsp3) is 0.538. The monoisotopic (exact) mass is 240 g/mol. The Balaban J connectivity index is 2.08. The molecule has 1 atom stereocenters. The summed E-state index contributed by atoms with van der Waals surface area (Å²) in [5.74, 6) is 2.70. The van der Waals surface area contributed by atoms with Gasteiger partial charge in [-0.1, -0.05) is 31.5 Å². The molecule has 3 heteroatoms. The minimum atomic E-state index is -0.373. The molecular weight excluding hydrogens is 220 g/mol. The lowest BCUT2D eigenvalue weighted by molar-refractivity contribution is 0.126. The Kier molecular flexibility index (Phi) is 7.10. The molecule has 1 aromatic carbocycles. The Morgan fingerprint density at radius 2 is 2.06 bits per heavy atom. The van der Waals surface area contributed by atoms with Crippen molar-refractivity contribution >= 4 is 11.8 Å². The smallest absolute Gasteiger partial charge is 0.119 e. The van der Waals surface area contributed by atoms with Gasteiger partial charge in [-0.2, -0.15) is 11.8 Å². The molecule has 0 unspecified atom stereocenters. The van der Waals surface area contributed by atoms with Gasteiger partial charge in [0.25, 0.3) is 0 Å². The van der Waals surface area contributed by atoms with Crippen molar-refractivity contribution in [2.75, 3.05) is 18.1 Å². The van der Waals surface area contributed by atoms with E-state index in [4.69, 9.17) is 4.74 Å². The van der Waals surface area contributed by atoms with Gasteiger partial charge in [0.2, 0.25) is 0 Å². The van der Waals surface area contributed by atoms with Crippen molar-refractivity contribution in [2.24, 2.45) is 0 Å². The summed E-state index contributed by atoms with van der Waals surface area (Å²) in [6, 6.07) is 9.60. The van der Waals surface area contributed by atoms with E-state index in [1.54, 1.807) is 11.8 Å². The number of ether oxygens (including phenoxy) is 1. The number of thioether (sulfide) groups is 1. The highest BCUT2D eigenvalue weighted by Crippen LogP contribution is 2.10. The van der Waals surface area contributed by atoms with E-state index in [2.05, 4.69) is 6.92 Å². The van der Waals surface area contributed by atoms with Gasteiger partial charge in [0.05, 0.1) is 6.10 Å². The molecule has 0 aliphatic heterocycles. The van der Waals surface area contributed by atoms with Gasteiger partial charge in [0, 0.05) is 5.75 Å². The van der Waals surface area contributed by atoms with Crippen LogP contribution in [0.1, 0.15) is 19.8 Å². The van der Waals surface area contributed by atoms with Gasteiger partial charge < -0.3 is 9.84 Å². The summed E-state index contributed by atoms with van der Waals surface area (Å²) in [7, 11) is 0. The lowest BCUT2D eigenvalue weighted by Crippen LogP contribution is -2.20. The van der Waals surface area contributed by atoms with Gasteiger partial charge >= 0.3 is 0 Å². The minimum Gasteiger partial charge on any atom is -0.491 e. The van der Waals surface area contributed by atoms with Crippen molar-refractivity contribution in [3.8, 4) is 5.75 Å². The number of unbranched alkanes of at least 4 members (excludes halogenated alkanes) is 1. The quantitative estimate of drug-likeness (QED) is 0.708. The van der Waals surface area contributed by atoms with Crippen LogP contribution in [0.25, 0.3) is 0 Å². The second-order valence-corrected chi connectivity index (χ2v) is 4.86.